The molecule has 0 bridgehead atoms. The summed E-state index contributed by atoms with van der Waals surface area (Å²) in [5.41, 5.74) is 2.48. The summed E-state index contributed by atoms with van der Waals surface area (Å²) in [5.74, 6) is 1.06. The van der Waals surface area contributed by atoms with Crippen LogP contribution < -0.4 is 5.32 Å². The summed E-state index contributed by atoms with van der Waals surface area (Å²) >= 11 is 0. The van der Waals surface area contributed by atoms with E-state index in [0.717, 1.165) is 36.0 Å². The molecule has 1 atom stereocenters. The molecule has 3 heterocycles. The molecule has 0 radical (unpaired) electrons. The minimum absolute atomic E-state index is 0.0341. The summed E-state index contributed by atoms with van der Waals surface area (Å²) in [7, 11) is 0. The van der Waals surface area contributed by atoms with Crippen molar-refractivity contribution in [2.75, 3.05) is 6.54 Å². The molecule has 7 nitrogen and oxygen atoms in total. The Labute approximate surface area is 160 Å². The van der Waals surface area contributed by atoms with Gasteiger partial charge in [-0.1, -0.05) is 12.8 Å². The van der Waals surface area contributed by atoms with E-state index < -0.39 is 0 Å². The van der Waals surface area contributed by atoms with Crippen molar-refractivity contribution in [3.8, 4) is 0 Å². The number of nitrogens with one attached hydrogen (secondary N) is 1. The number of aromatic nitrogens is 4. The van der Waals surface area contributed by atoms with Crippen LogP contribution in [0.2, 0.25) is 0 Å². The third-order valence-electron chi connectivity index (χ3n) is 5.76. The number of rotatable bonds is 5. The van der Waals surface area contributed by atoms with Gasteiger partial charge >= 0.3 is 0 Å². The molecule has 1 fully saturated rings. The molecule has 0 aromatic carbocycles. The molecular weight excluding hydrogens is 340 g/mol. The molecule has 1 amide bonds. The first kappa shape index (κ1) is 18.1. The molecule has 2 aromatic rings. The van der Waals surface area contributed by atoms with E-state index in [1.165, 1.54) is 25.7 Å². The van der Waals surface area contributed by atoms with E-state index in [-0.39, 0.29) is 5.91 Å². The molecule has 1 saturated carbocycles. The minimum atomic E-state index is -0.0341. The number of carbonyl (C=O) groups is 1. The van der Waals surface area contributed by atoms with Gasteiger partial charge in [0.15, 0.2) is 0 Å². The maximum absolute atomic E-state index is 12.3. The van der Waals surface area contributed by atoms with E-state index in [1.807, 2.05) is 13.1 Å². The standard InChI is InChI=1S/C20H28N6O/c1-14-10-22-17(11-21-14)12-23-19(27)9-16-13-25-7-8-26(15(2)20(25)24-16)18-5-3-4-6-18/h10-11,13,15,18H,3-9,12H2,1-2H3,(H,23,27). The van der Waals surface area contributed by atoms with Gasteiger partial charge in [-0.15, -0.1) is 0 Å². The van der Waals surface area contributed by atoms with Crippen molar-refractivity contribution >= 4 is 5.91 Å². The highest BCUT2D eigenvalue weighted by Crippen LogP contribution is 2.33. The average molecular weight is 368 g/mol. The number of amides is 1. The summed E-state index contributed by atoms with van der Waals surface area (Å²) in [4.78, 5) is 28.2. The fourth-order valence-electron chi connectivity index (χ4n) is 4.31. The van der Waals surface area contributed by atoms with Gasteiger partial charge in [-0.05, 0) is 26.7 Å². The van der Waals surface area contributed by atoms with E-state index in [9.17, 15) is 4.79 Å². The third kappa shape index (κ3) is 4.03. The lowest BCUT2D eigenvalue weighted by Gasteiger charge is -2.38. The molecule has 4 rings (SSSR count). The van der Waals surface area contributed by atoms with Crippen molar-refractivity contribution in [1.29, 1.82) is 0 Å². The predicted molar refractivity (Wildman–Crippen MR) is 102 cm³/mol. The van der Waals surface area contributed by atoms with Gasteiger partial charge in [0.2, 0.25) is 5.91 Å². The number of aryl methyl sites for hydroxylation is 1. The van der Waals surface area contributed by atoms with E-state index in [2.05, 4.69) is 31.7 Å². The van der Waals surface area contributed by atoms with Crippen molar-refractivity contribution in [3.05, 3.63) is 41.5 Å². The molecule has 0 spiro atoms. The zero-order chi connectivity index (χ0) is 18.8. The molecule has 2 aromatic heterocycles. The number of nitrogens with zero attached hydrogens (tertiary/aromatic N) is 5. The van der Waals surface area contributed by atoms with Gasteiger partial charge in [0.1, 0.15) is 5.82 Å². The smallest absolute Gasteiger partial charge is 0.226 e. The van der Waals surface area contributed by atoms with Gasteiger partial charge in [0.05, 0.1) is 42.3 Å². The Kier molecular flexibility index (Phi) is 5.20. The second-order valence-corrected chi connectivity index (χ2v) is 7.74. The monoisotopic (exact) mass is 368 g/mol. The van der Waals surface area contributed by atoms with Gasteiger partial charge < -0.3 is 9.88 Å². The second-order valence-electron chi connectivity index (χ2n) is 7.74. The topological polar surface area (TPSA) is 75.9 Å². The summed E-state index contributed by atoms with van der Waals surface area (Å²) in [5, 5.41) is 2.91. The van der Waals surface area contributed by atoms with Crippen LogP contribution in [0, 0.1) is 6.92 Å². The van der Waals surface area contributed by atoms with Crippen LogP contribution in [-0.2, 0) is 24.3 Å². The molecule has 0 saturated heterocycles. The first-order valence-corrected chi connectivity index (χ1v) is 9.96. The van der Waals surface area contributed by atoms with Crippen molar-refractivity contribution in [1.82, 2.24) is 29.7 Å². The lowest BCUT2D eigenvalue weighted by Crippen LogP contribution is -2.42. The van der Waals surface area contributed by atoms with Gasteiger partial charge in [0.25, 0.3) is 0 Å². The maximum atomic E-state index is 12.3. The highest BCUT2D eigenvalue weighted by molar-refractivity contribution is 5.78. The predicted octanol–water partition coefficient (Wildman–Crippen LogP) is 2.16. The summed E-state index contributed by atoms with van der Waals surface area (Å²) < 4.78 is 2.23. The molecule has 2 aliphatic rings. The van der Waals surface area contributed by atoms with E-state index in [4.69, 9.17) is 4.98 Å². The highest BCUT2D eigenvalue weighted by atomic mass is 16.1. The summed E-state index contributed by atoms with van der Waals surface area (Å²) in [6.45, 7) is 6.57. The van der Waals surface area contributed by atoms with E-state index in [1.54, 1.807) is 12.4 Å². The Balaban J connectivity index is 1.36. The molecular formula is C20H28N6O. The van der Waals surface area contributed by atoms with Crippen LogP contribution >= 0.6 is 0 Å². The number of hydrogen-bond donors (Lipinski definition) is 1. The summed E-state index contributed by atoms with van der Waals surface area (Å²) in [6.07, 6.45) is 11.1. The Morgan fingerprint density at radius 1 is 1.19 bits per heavy atom. The Hall–Kier alpha value is -2.28. The first-order chi connectivity index (χ1) is 13.1. The van der Waals surface area contributed by atoms with Crippen LogP contribution in [-0.4, -0.2) is 42.9 Å². The van der Waals surface area contributed by atoms with Crippen LogP contribution in [0.3, 0.4) is 0 Å². The zero-order valence-corrected chi connectivity index (χ0v) is 16.2. The Morgan fingerprint density at radius 3 is 2.74 bits per heavy atom. The molecule has 1 aliphatic heterocycles. The Bertz CT molecular complexity index is 793. The number of hydrogen-bond acceptors (Lipinski definition) is 5. The molecule has 1 aliphatic carbocycles. The Morgan fingerprint density at radius 2 is 2.00 bits per heavy atom. The minimum Gasteiger partial charge on any atom is -0.350 e. The van der Waals surface area contributed by atoms with Gasteiger partial charge in [-0.3, -0.25) is 19.7 Å². The van der Waals surface area contributed by atoms with E-state index in [0.29, 0.717) is 25.0 Å². The number of fused-ring (bicyclic) bond motifs is 1. The fraction of sp³-hybridized carbons (Fsp3) is 0.600. The van der Waals surface area contributed by atoms with Crippen molar-refractivity contribution in [2.45, 2.75) is 71.1 Å². The van der Waals surface area contributed by atoms with Crippen molar-refractivity contribution in [3.63, 3.8) is 0 Å². The number of imidazole rings is 1. The van der Waals surface area contributed by atoms with Crippen molar-refractivity contribution < 1.29 is 4.79 Å². The van der Waals surface area contributed by atoms with Crippen LogP contribution in [0.5, 0.6) is 0 Å². The highest BCUT2D eigenvalue weighted by Gasteiger charge is 2.32. The largest absolute Gasteiger partial charge is 0.350 e. The molecule has 1 unspecified atom stereocenters. The average Bonchev–Trinajstić information content (AvgIpc) is 3.31. The third-order valence-corrected chi connectivity index (χ3v) is 5.76. The molecule has 144 valence electrons. The number of carbonyl (C=O) groups excluding carboxylic acids is 1. The SMILES string of the molecule is Cc1cnc(CNC(=O)Cc2cn3c(n2)C(C)N(C2CCCC2)CC3)cn1. The zero-order valence-electron chi connectivity index (χ0n) is 16.2. The van der Waals surface area contributed by atoms with Crippen LogP contribution in [0.15, 0.2) is 18.6 Å². The molecule has 1 N–H and O–H groups in total. The lowest BCUT2D eigenvalue weighted by atomic mass is 10.1. The second kappa shape index (κ2) is 7.76. The summed E-state index contributed by atoms with van der Waals surface area (Å²) in [6, 6.07) is 1.02. The van der Waals surface area contributed by atoms with Gasteiger partial charge in [0, 0.05) is 31.5 Å². The van der Waals surface area contributed by atoms with Crippen molar-refractivity contribution in [2.24, 2.45) is 0 Å². The van der Waals surface area contributed by atoms with E-state index >= 15 is 0 Å². The quantitative estimate of drug-likeness (QED) is 0.875. The van der Waals surface area contributed by atoms with Crippen LogP contribution in [0.4, 0.5) is 0 Å². The van der Waals surface area contributed by atoms with Gasteiger partial charge in [-0.2, -0.15) is 0 Å². The first-order valence-electron chi connectivity index (χ1n) is 9.96. The normalized spacial score (nSPS) is 20.6. The van der Waals surface area contributed by atoms with Gasteiger partial charge in [-0.25, -0.2) is 4.98 Å². The van der Waals surface area contributed by atoms with Crippen LogP contribution in [0.1, 0.15) is 61.6 Å². The lowest BCUT2D eigenvalue weighted by molar-refractivity contribution is -0.120. The molecule has 27 heavy (non-hydrogen) atoms. The molecule has 7 heteroatoms. The fourth-order valence-corrected chi connectivity index (χ4v) is 4.31. The maximum Gasteiger partial charge on any atom is 0.226 e. The van der Waals surface area contributed by atoms with Crippen LogP contribution in [0.25, 0.3) is 0 Å².